The molecule has 0 aliphatic carbocycles. The summed E-state index contributed by atoms with van der Waals surface area (Å²) >= 11 is 0. The molecule has 0 bridgehead atoms. The Morgan fingerprint density at radius 2 is 2.00 bits per heavy atom. The summed E-state index contributed by atoms with van der Waals surface area (Å²) in [7, 11) is 0. The number of amides is 1. The minimum absolute atomic E-state index is 0.204. The highest BCUT2D eigenvalue weighted by Gasteiger charge is 2.24. The van der Waals surface area contributed by atoms with Gasteiger partial charge in [-0.3, -0.25) is 4.79 Å². The number of aliphatic hydroxyl groups is 1. The molecule has 118 valence electrons. The molecule has 0 atom stereocenters. The van der Waals surface area contributed by atoms with Gasteiger partial charge in [0.25, 0.3) is 11.8 Å². The summed E-state index contributed by atoms with van der Waals surface area (Å²) in [6, 6.07) is 7.03. The van der Waals surface area contributed by atoms with Gasteiger partial charge in [-0.05, 0) is 31.9 Å². The van der Waals surface area contributed by atoms with E-state index in [1.54, 1.807) is 31.2 Å². The lowest BCUT2D eigenvalue weighted by Gasteiger charge is -2.25. The second kappa shape index (κ2) is 6.70. The lowest BCUT2D eigenvalue weighted by molar-refractivity contribution is 0.0314. The molecule has 2 N–H and O–H groups in total. The van der Waals surface area contributed by atoms with Gasteiger partial charge in [0.2, 0.25) is 0 Å². The number of hydrogen-bond donors (Lipinski definition) is 2. The Kier molecular flexibility index (Phi) is 4.92. The maximum Gasteiger partial charge on any atom is 0.258 e. The standard InChI is InChI=1S/C16H21N3O3/c1-4-16(21,5-2)10-17-14(20)12-8-6-7-9-13(12)15-18-11(3)19-22-15/h6-9,21H,4-5,10H2,1-3H3,(H,17,20). The van der Waals surface area contributed by atoms with Crippen LogP contribution in [0.5, 0.6) is 0 Å². The summed E-state index contributed by atoms with van der Waals surface area (Å²) in [6.45, 7) is 5.71. The van der Waals surface area contributed by atoms with Gasteiger partial charge in [-0.15, -0.1) is 0 Å². The van der Waals surface area contributed by atoms with Crippen LogP contribution in [0.3, 0.4) is 0 Å². The van der Waals surface area contributed by atoms with E-state index >= 15 is 0 Å². The second-order valence-electron chi connectivity index (χ2n) is 5.31. The van der Waals surface area contributed by atoms with Crippen molar-refractivity contribution < 1.29 is 14.4 Å². The van der Waals surface area contributed by atoms with E-state index in [0.29, 0.717) is 35.7 Å². The average molecular weight is 303 g/mol. The molecule has 0 fully saturated rings. The number of aryl methyl sites for hydroxylation is 1. The third-order valence-corrected chi connectivity index (χ3v) is 3.82. The molecule has 2 rings (SSSR count). The van der Waals surface area contributed by atoms with Crippen molar-refractivity contribution in [1.29, 1.82) is 0 Å². The Hall–Kier alpha value is -2.21. The first-order valence-electron chi connectivity index (χ1n) is 7.39. The summed E-state index contributed by atoms with van der Waals surface area (Å²) in [5, 5.41) is 16.8. The molecular weight excluding hydrogens is 282 g/mol. The number of aromatic nitrogens is 2. The van der Waals surface area contributed by atoms with Crippen LogP contribution in [0, 0.1) is 6.92 Å². The first-order valence-corrected chi connectivity index (χ1v) is 7.39. The third kappa shape index (κ3) is 3.51. The molecule has 6 nitrogen and oxygen atoms in total. The molecule has 1 amide bonds. The van der Waals surface area contributed by atoms with E-state index in [2.05, 4.69) is 15.5 Å². The molecular formula is C16H21N3O3. The van der Waals surface area contributed by atoms with E-state index in [1.807, 2.05) is 13.8 Å². The maximum atomic E-state index is 12.4. The number of nitrogens with zero attached hydrogens (tertiary/aromatic N) is 2. The van der Waals surface area contributed by atoms with Gasteiger partial charge in [-0.1, -0.05) is 31.1 Å². The Labute approximate surface area is 129 Å². The highest BCUT2D eigenvalue weighted by Crippen LogP contribution is 2.22. The molecule has 2 aromatic rings. The number of rotatable bonds is 6. The molecule has 0 unspecified atom stereocenters. The van der Waals surface area contributed by atoms with Gasteiger partial charge < -0.3 is 14.9 Å². The van der Waals surface area contributed by atoms with Crippen LogP contribution in [0.25, 0.3) is 11.5 Å². The summed E-state index contributed by atoms with van der Waals surface area (Å²) in [6.07, 6.45) is 1.16. The number of nitrogens with one attached hydrogen (secondary N) is 1. The lowest BCUT2D eigenvalue weighted by atomic mass is 9.97. The predicted octanol–water partition coefficient (Wildman–Crippen LogP) is 2.33. The van der Waals surface area contributed by atoms with Crippen molar-refractivity contribution in [1.82, 2.24) is 15.5 Å². The van der Waals surface area contributed by atoms with Crippen LogP contribution < -0.4 is 5.32 Å². The van der Waals surface area contributed by atoms with Crippen molar-refractivity contribution in [2.45, 2.75) is 39.2 Å². The fourth-order valence-corrected chi connectivity index (χ4v) is 2.11. The summed E-state index contributed by atoms with van der Waals surface area (Å²) in [5.41, 5.74) is 0.143. The van der Waals surface area contributed by atoms with Gasteiger partial charge in [-0.25, -0.2) is 0 Å². The van der Waals surface area contributed by atoms with Crippen molar-refractivity contribution in [3.8, 4) is 11.5 Å². The molecule has 0 saturated heterocycles. The van der Waals surface area contributed by atoms with Crippen LogP contribution in [0.2, 0.25) is 0 Å². The van der Waals surface area contributed by atoms with E-state index < -0.39 is 5.60 Å². The van der Waals surface area contributed by atoms with Crippen molar-refractivity contribution in [2.75, 3.05) is 6.54 Å². The molecule has 0 spiro atoms. The van der Waals surface area contributed by atoms with Gasteiger partial charge in [0.1, 0.15) is 0 Å². The molecule has 6 heteroatoms. The second-order valence-corrected chi connectivity index (χ2v) is 5.31. The largest absolute Gasteiger partial charge is 0.388 e. The minimum Gasteiger partial charge on any atom is -0.388 e. The van der Waals surface area contributed by atoms with Crippen molar-refractivity contribution in [3.05, 3.63) is 35.7 Å². The van der Waals surface area contributed by atoms with Crippen LogP contribution in [0.4, 0.5) is 0 Å². The van der Waals surface area contributed by atoms with Gasteiger partial charge in [0.05, 0.1) is 16.7 Å². The molecule has 1 heterocycles. The van der Waals surface area contributed by atoms with Gasteiger partial charge >= 0.3 is 0 Å². The average Bonchev–Trinajstić information content (AvgIpc) is 2.98. The van der Waals surface area contributed by atoms with Gasteiger partial charge in [0, 0.05) is 6.54 Å². The number of benzene rings is 1. The predicted molar refractivity (Wildman–Crippen MR) is 82.3 cm³/mol. The van der Waals surface area contributed by atoms with Crippen LogP contribution in [0.15, 0.2) is 28.8 Å². The number of hydrogen-bond acceptors (Lipinski definition) is 5. The summed E-state index contributed by atoms with van der Waals surface area (Å²) in [5.74, 6) is 0.549. The maximum absolute atomic E-state index is 12.4. The number of carbonyl (C=O) groups excluding carboxylic acids is 1. The van der Waals surface area contributed by atoms with Crippen molar-refractivity contribution in [3.63, 3.8) is 0 Å². The summed E-state index contributed by atoms with van der Waals surface area (Å²) < 4.78 is 5.14. The van der Waals surface area contributed by atoms with E-state index in [-0.39, 0.29) is 12.5 Å². The topological polar surface area (TPSA) is 88.2 Å². The fraction of sp³-hybridized carbons (Fsp3) is 0.438. The number of carbonyl (C=O) groups is 1. The lowest BCUT2D eigenvalue weighted by Crippen LogP contribution is -2.42. The highest BCUT2D eigenvalue weighted by atomic mass is 16.5. The monoisotopic (exact) mass is 303 g/mol. The molecule has 1 aromatic heterocycles. The van der Waals surface area contributed by atoms with E-state index in [0.717, 1.165) is 0 Å². The third-order valence-electron chi connectivity index (χ3n) is 3.82. The van der Waals surface area contributed by atoms with E-state index in [1.165, 1.54) is 0 Å². The Morgan fingerprint density at radius 1 is 1.32 bits per heavy atom. The van der Waals surface area contributed by atoms with Crippen LogP contribution in [0.1, 0.15) is 42.9 Å². The fourth-order valence-electron chi connectivity index (χ4n) is 2.11. The SMILES string of the molecule is CCC(O)(CC)CNC(=O)c1ccccc1-c1nc(C)no1. The molecule has 1 aromatic carbocycles. The highest BCUT2D eigenvalue weighted by molar-refractivity contribution is 5.99. The Morgan fingerprint density at radius 3 is 2.59 bits per heavy atom. The van der Waals surface area contributed by atoms with Crippen molar-refractivity contribution >= 4 is 5.91 Å². The summed E-state index contributed by atoms with van der Waals surface area (Å²) in [4.78, 5) is 16.6. The van der Waals surface area contributed by atoms with E-state index in [9.17, 15) is 9.90 Å². The molecule has 0 radical (unpaired) electrons. The van der Waals surface area contributed by atoms with Gasteiger partial charge in [0.15, 0.2) is 5.82 Å². The smallest absolute Gasteiger partial charge is 0.258 e. The first kappa shape index (κ1) is 16.2. The zero-order chi connectivity index (χ0) is 16.2. The minimum atomic E-state index is -0.883. The first-order chi connectivity index (χ1) is 10.5. The normalized spacial score (nSPS) is 11.5. The molecule has 0 aliphatic heterocycles. The van der Waals surface area contributed by atoms with E-state index in [4.69, 9.17) is 4.52 Å². The van der Waals surface area contributed by atoms with Crippen LogP contribution >= 0.6 is 0 Å². The van der Waals surface area contributed by atoms with Crippen molar-refractivity contribution in [2.24, 2.45) is 0 Å². The molecule has 0 saturated carbocycles. The quantitative estimate of drug-likeness (QED) is 0.855. The zero-order valence-electron chi connectivity index (χ0n) is 13.1. The zero-order valence-corrected chi connectivity index (χ0v) is 13.1. The van der Waals surface area contributed by atoms with Gasteiger partial charge in [-0.2, -0.15) is 4.98 Å². The Bertz CT molecular complexity index is 648. The molecule has 0 aliphatic rings. The van der Waals surface area contributed by atoms with Crippen LogP contribution in [-0.4, -0.2) is 33.3 Å². The van der Waals surface area contributed by atoms with Crippen LogP contribution in [-0.2, 0) is 0 Å². The molecule has 22 heavy (non-hydrogen) atoms. The Balaban J connectivity index is 2.20.